The second kappa shape index (κ2) is 13.3. The van der Waals surface area contributed by atoms with Gasteiger partial charge >= 0.3 is 0 Å². The van der Waals surface area contributed by atoms with E-state index in [4.69, 9.17) is 4.74 Å². The van der Waals surface area contributed by atoms with Crippen LogP contribution in [0.2, 0.25) is 0 Å². The largest absolute Gasteiger partial charge is 0.497 e. The molecule has 0 saturated heterocycles. The molecule has 2 aromatic heterocycles. The van der Waals surface area contributed by atoms with Crippen LogP contribution >= 0.6 is 23.1 Å². The third kappa shape index (κ3) is 7.17. The maximum absolute atomic E-state index is 12.6. The predicted octanol–water partition coefficient (Wildman–Crippen LogP) is 6.15. The first-order valence-corrected chi connectivity index (χ1v) is 13.4. The molecular formula is C25H33N5O2S2. The number of thioether (sulfide) groups is 1. The zero-order valence-electron chi connectivity index (χ0n) is 20.2. The monoisotopic (exact) mass is 499 g/mol. The van der Waals surface area contributed by atoms with E-state index in [-0.39, 0.29) is 11.7 Å². The quantitative estimate of drug-likeness (QED) is 0.163. The Balaban J connectivity index is 1.57. The fourth-order valence-electron chi connectivity index (χ4n) is 3.56. The number of benzene rings is 1. The number of ether oxygens (including phenoxy) is 1. The molecule has 0 bridgehead atoms. The third-order valence-electron chi connectivity index (χ3n) is 5.35. The van der Waals surface area contributed by atoms with Crippen LogP contribution in [-0.4, -0.2) is 38.5 Å². The Morgan fingerprint density at radius 1 is 1.21 bits per heavy atom. The first-order valence-electron chi connectivity index (χ1n) is 11.6. The molecule has 0 radical (unpaired) electrons. The number of nitrogens with one attached hydrogen (secondary N) is 1. The normalized spacial score (nSPS) is 10.9. The molecule has 3 aromatic rings. The molecule has 1 aromatic carbocycles. The summed E-state index contributed by atoms with van der Waals surface area (Å²) in [5.74, 6) is 1.88. The van der Waals surface area contributed by atoms with Gasteiger partial charge in [0, 0.05) is 23.4 Å². The highest BCUT2D eigenvalue weighted by atomic mass is 32.2. The number of unbranched alkanes of at least 4 members (excludes halogenated alkanes) is 4. The first-order chi connectivity index (χ1) is 16.5. The molecule has 0 fully saturated rings. The molecule has 9 heteroatoms. The van der Waals surface area contributed by atoms with Crippen molar-refractivity contribution in [3.63, 3.8) is 0 Å². The van der Waals surface area contributed by atoms with Crippen molar-refractivity contribution in [2.75, 3.05) is 18.2 Å². The number of carbonyl (C=O) groups is 1. The third-order valence-corrected chi connectivity index (χ3v) is 7.20. The average molecular weight is 500 g/mol. The summed E-state index contributed by atoms with van der Waals surface area (Å²) in [6.45, 7) is 8.71. The van der Waals surface area contributed by atoms with Crippen LogP contribution in [0.5, 0.6) is 5.75 Å². The molecule has 0 aliphatic carbocycles. The molecule has 1 N–H and O–H groups in total. The van der Waals surface area contributed by atoms with Gasteiger partial charge in [0.2, 0.25) is 5.91 Å². The molecule has 0 aliphatic heterocycles. The van der Waals surface area contributed by atoms with Gasteiger partial charge in [0.15, 0.2) is 10.3 Å². The van der Waals surface area contributed by atoms with E-state index in [1.807, 2.05) is 37.3 Å². The zero-order valence-corrected chi connectivity index (χ0v) is 21.8. The van der Waals surface area contributed by atoms with Crippen LogP contribution in [0.1, 0.15) is 49.7 Å². The topological polar surface area (TPSA) is 81.9 Å². The molecule has 1 amide bonds. The van der Waals surface area contributed by atoms with E-state index in [0.717, 1.165) is 45.7 Å². The minimum absolute atomic E-state index is 0.116. The Morgan fingerprint density at radius 2 is 1.97 bits per heavy atom. The van der Waals surface area contributed by atoms with Crippen LogP contribution in [0.15, 0.2) is 42.1 Å². The van der Waals surface area contributed by atoms with Gasteiger partial charge in [0.05, 0.1) is 18.6 Å². The number of aromatic nitrogens is 4. The standard InChI is InChI=1S/C25H33N5O2S2/c1-5-7-8-9-10-11-21-28-29-25(30(21)16-6-2)33-17-22(31)26-24-27-23(18(3)34-24)19-12-14-20(32-4)15-13-19/h6,12-15H,2,5,7-11,16-17H2,1,3-4H3,(H,26,27,31). The Morgan fingerprint density at radius 3 is 2.68 bits per heavy atom. The van der Waals surface area contributed by atoms with Gasteiger partial charge in [0.1, 0.15) is 11.6 Å². The molecule has 0 spiro atoms. The van der Waals surface area contributed by atoms with E-state index in [2.05, 4.69) is 38.6 Å². The lowest BCUT2D eigenvalue weighted by Crippen LogP contribution is -2.14. The number of thiazole rings is 1. The summed E-state index contributed by atoms with van der Waals surface area (Å²) in [5.41, 5.74) is 1.86. The van der Waals surface area contributed by atoms with Crippen LogP contribution in [0.25, 0.3) is 11.3 Å². The molecular weight excluding hydrogens is 466 g/mol. The molecule has 3 rings (SSSR count). The highest BCUT2D eigenvalue weighted by Gasteiger charge is 2.16. The Hall–Kier alpha value is -2.65. The lowest BCUT2D eigenvalue weighted by molar-refractivity contribution is -0.113. The van der Waals surface area contributed by atoms with Crippen molar-refractivity contribution in [1.29, 1.82) is 0 Å². The number of hydrogen-bond acceptors (Lipinski definition) is 7. The number of nitrogens with zero attached hydrogens (tertiary/aromatic N) is 4. The van der Waals surface area contributed by atoms with E-state index in [1.54, 1.807) is 7.11 Å². The molecule has 2 heterocycles. The van der Waals surface area contributed by atoms with Gasteiger partial charge in [-0.25, -0.2) is 4.98 Å². The van der Waals surface area contributed by atoms with Gasteiger partial charge in [-0.1, -0.05) is 50.4 Å². The Kier molecular flexibility index (Phi) is 10.2. The van der Waals surface area contributed by atoms with Crippen LogP contribution in [0.4, 0.5) is 5.13 Å². The summed E-state index contributed by atoms with van der Waals surface area (Å²) in [5, 5.41) is 13.0. The summed E-state index contributed by atoms with van der Waals surface area (Å²) >= 11 is 2.86. The molecule has 0 saturated carbocycles. The fraction of sp³-hybridized carbons (Fsp3) is 0.440. The van der Waals surface area contributed by atoms with Crippen molar-refractivity contribution in [3.05, 3.63) is 47.6 Å². The van der Waals surface area contributed by atoms with Crippen LogP contribution in [0, 0.1) is 6.92 Å². The Bertz CT molecular complexity index is 1080. The van der Waals surface area contributed by atoms with Crippen molar-refractivity contribution in [2.24, 2.45) is 0 Å². The van der Waals surface area contributed by atoms with E-state index < -0.39 is 0 Å². The van der Waals surface area contributed by atoms with Crippen molar-refractivity contribution in [3.8, 4) is 17.0 Å². The number of methoxy groups -OCH3 is 1. The number of amides is 1. The average Bonchev–Trinajstić information content (AvgIpc) is 3.40. The minimum Gasteiger partial charge on any atom is -0.497 e. The van der Waals surface area contributed by atoms with Crippen molar-refractivity contribution in [2.45, 2.75) is 64.1 Å². The molecule has 182 valence electrons. The zero-order chi connectivity index (χ0) is 24.3. The number of carbonyl (C=O) groups excluding carboxylic acids is 1. The minimum atomic E-state index is -0.116. The summed E-state index contributed by atoms with van der Waals surface area (Å²) in [6.07, 6.45) is 8.79. The fourth-order valence-corrected chi connectivity index (χ4v) is 5.18. The van der Waals surface area contributed by atoms with Crippen LogP contribution in [-0.2, 0) is 17.8 Å². The van der Waals surface area contributed by atoms with Gasteiger partial charge in [0.25, 0.3) is 0 Å². The SMILES string of the molecule is C=CCn1c(CCCCCCC)nnc1SCC(=O)Nc1nc(-c2ccc(OC)cc2)c(C)s1. The molecule has 34 heavy (non-hydrogen) atoms. The lowest BCUT2D eigenvalue weighted by atomic mass is 10.1. The number of aryl methyl sites for hydroxylation is 2. The number of rotatable bonds is 14. The molecule has 0 aliphatic rings. The van der Waals surface area contributed by atoms with Crippen LogP contribution in [0.3, 0.4) is 0 Å². The highest BCUT2D eigenvalue weighted by Crippen LogP contribution is 2.31. The van der Waals surface area contributed by atoms with E-state index in [9.17, 15) is 4.79 Å². The summed E-state index contributed by atoms with van der Waals surface area (Å²) in [7, 11) is 1.64. The number of allylic oxidation sites excluding steroid dienone is 1. The van der Waals surface area contributed by atoms with Crippen LogP contribution < -0.4 is 10.1 Å². The smallest absolute Gasteiger partial charge is 0.236 e. The maximum atomic E-state index is 12.6. The van der Waals surface area contributed by atoms with Gasteiger partial charge in [-0.3, -0.25) is 4.79 Å². The van der Waals surface area contributed by atoms with Gasteiger partial charge in [-0.05, 0) is 37.6 Å². The second-order valence-electron chi connectivity index (χ2n) is 7.95. The molecule has 0 atom stereocenters. The number of anilines is 1. The first kappa shape index (κ1) is 26.0. The highest BCUT2D eigenvalue weighted by molar-refractivity contribution is 7.99. The lowest BCUT2D eigenvalue weighted by Gasteiger charge is -2.07. The van der Waals surface area contributed by atoms with Gasteiger partial charge in [-0.15, -0.1) is 28.1 Å². The number of hydrogen-bond donors (Lipinski definition) is 1. The van der Waals surface area contributed by atoms with Crippen molar-refractivity contribution >= 4 is 34.1 Å². The predicted molar refractivity (Wildman–Crippen MR) is 141 cm³/mol. The summed E-state index contributed by atoms with van der Waals surface area (Å²) < 4.78 is 7.28. The Labute approximate surface area is 210 Å². The van der Waals surface area contributed by atoms with Crippen molar-refractivity contribution < 1.29 is 9.53 Å². The summed E-state index contributed by atoms with van der Waals surface area (Å²) in [6, 6.07) is 7.75. The van der Waals surface area contributed by atoms with Gasteiger partial charge in [-0.2, -0.15) is 0 Å². The van der Waals surface area contributed by atoms with Gasteiger partial charge < -0.3 is 14.6 Å². The van der Waals surface area contributed by atoms with E-state index >= 15 is 0 Å². The molecule has 7 nitrogen and oxygen atoms in total. The summed E-state index contributed by atoms with van der Waals surface area (Å²) in [4.78, 5) is 18.3. The van der Waals surface area contributed by atoms with E-state index in [1.165, 1.54) is 48.8 Å². The van der Waals surface area contributed by atoms with Crippen molar-refractivity contribution in [1.82, 2.24) is 19.7 Å². The van der Waals surface area contributed by atoms with E-state index in [0.29, 0.717) is 11.7 Å². The maximum Gasteiger partial charge on any atom is 0.236 e. The molecule has 0 unspecified atom stereocenters. The second-order valence-corrected chi connectivity index (χ2v) is 10.1.